The van der Waals surface area contributed by atoms with Crippen LogP contribution in [0, 0.1) is 16.0 Å². The van der Waals surface area contributed by atoms with Gasteiger partial charge in [-0.2, -0.15) is 0 Å². The number of nitro benzene ring substituents is 1. The molecule has 0 radical (unpaired) electrons. The summed E-state index contributed by atoms with van der Waals surface area (Å²) in [6.07, 6.45) is 0. The Kier molecular flexibility index (Phi) is 4.12. The molecule has 0 saturated carbocycles. The quantitative estimate of drug-likeness (QED) is 0.694. The van der Waals surface area contributed by atoms with Gasteiger partial charge in [-0.05, 0) is 12.0 Å². The van der Waals surface area contributed by atoms with E-state index in [2.05, 4.69) is 10.3 Å². The molecular weight excluding hydrogens is 306 g/mol. The highest BCUT2D eigenvalue weighted by Gasteiger charge is 2.29. The van der Waals surface area contributed by atoms with Gasteiger partial charge in [0.05, 0.1) is 16.3 Å². The summed E-state index contributed by atoms with van der Waals surface area (Å²) in [6.45, 7) is 3.85. The van der Waals surface area contributed by atoms with Crippen molar-refractivity contribution in [3.05, 3.63) is 69.8 Å². The third-order valence-corrected chi connectivity index (χ3v) is 3.94. The first-order valence-electron chi connectivity index (χ1n) is 7.70. The van der Waals surface area contributed by atoms with Crippen molar-refractivity contribution in [1.82, 2.24) is 0 Å². The number of nitro groups is 1. The van der Waals surface area contributed by atoms with Crippen molar-refractivity contribution in [3.63, 3.8) is 0 Å². The number of non-ortho nitro benzene ring substituents is 1. The monoisotopic (exact) mass is 323 g/mol. The number of aliphatic imine (C=N–C) groups is 1. The molecule has 1 amide bonds. The number of nitrogens with zero attached hydrogens (tertiary/aromatic N) is 2. The van der Waals surface area contributed by atoms with Crippen LogP contribution in [0.1, 0.15) is 25.0 Å². The van der Waals surface area contributed by atoms with Gasteiger partial charge in [-0.3, -0.25) is 19.9 Å². The van der Waals surface area contributed by atoms with Gasteiger partial charge >= 0.3 is 0 Å². The van der Waals surface area contributed by atoms with Gasteiger partial charge in [0.15, 0.2) is 0 Å². The second-order valence-corrected chi connectivity index (χ2v) is 6.01. The van der Waals surface area contributed by atoms with Crippen molar-refractivity contribution < 1.29 is 9.72 Å². The fourth-order valence-corrected chi connectivity index (χ4v) is 2.70. The van der Waals surface area contributed by atoms with Crippen molar-refractivity contribution in [2.24, 2.45) is 10.9 Å². The van der Waals surface area contributed by atoms with Crippen LogP contribution in [0.25, 0.3) is 0 Å². The Morgan fingerprint density at radius 1 is 1.17 bits per heavy atom. The minimum Gasteiger partial charge on any atom is -0.324 e. The summed E-state index contributed by atoms with van der Waals surface area (Å²) in [5, 5.41) is 14.0. The lowest BCUT2D eigenvalue weighted by Crippen LogP contribution is -2.30. The molecule has 0 spiro atoms. The topological polar surface area (TPSA) is 84.6 Å². The van der Waals surface area contributed by atoms with Crippen LogP contribution in [0.2, 0.25) is 0 Å². The Balaban J connectivity index is 2.25. The molecular formula is C18H17N3O3. The molecule has 2 aromatic rings. The predicted octanol–water partition coefficient (Wildman–Crippen LogP) is 3.41. The fraction of sp³-hybridized carbons (Fsp3) is 0.222. The summed E-state index contributed by atoms with van der Waals surface area (Å²) >= 11 is 0. The van der Waals surface area contributed by atoms with Gasteiger partial charge in [0.1, 0.15) is 6.04 Å². The van der Waals surface area contributed by atoms with Crippen LogP contribution >= 0.6 is 0 Å². The van der Waals surface area contributed by atoms with E-state index in [4.69, 9.17) is 0 Å². The van der Waals surface area contributed by atoms with Crippen LogP contribution in [0.15, 0.2) is 53.5 Å². The molecule has 6 heteroatoms. The first-order valence-corrected chi connectivity index (χ1v) is 7.70. The summed E-state index contributed by atoms with van der Waals surface area (Å²) in [7, 11) is 0. The van der Waals surface area contributed by atoms with Gasteiger partial charge in [0.2, 0.25) is 5.91 Å². The van der Waals surface area contributed by atoms with E-state index in [0.29, 0.717) is 17.0 Å². The van der Waals surface area contributed by atoms with E-state index < -0.39 is 11.0 Å². The average Bonchev–Trinajstić information content (AvgIpc) is 2.71. The minimum absolute atomic E-state index is 0.00742. The average molecular weight is 323 g/mol. The SMILES string of the molecule is CC(C)C1N=C(c2ccccc2)c2cc([N+](=O)[O-])ccc2NC1=O. The lowest BCUT2D eigenvalue weighted by atomic mass is 9.99. The summed E-state index contributed by atoms with van der Waals surface area (Å²) in [5.41, 5.74) is 2.48. The Morgan fingerprint density at radius 3 is 2.50 bits per heavy atom. The van der Waals surface area contributed by atoms with Crippen LogP contribution in [0.4, 0.5) is 11.4 Å². The van der Waals surface area contributed by atoms with Crippen molar-refractivity contribution in [2.45, 2.75) is 19.9 Å². The molecule has 0 aromatic heterocycles. The molecule has 0 saturated heterocycles. The number of amides is 1. The molecule has 0 fully saturated rings. The number of benzodiazepines with no additional fused rings is 1. The van der Waals surface area contributed by atoms with Crippen LogP contribution in [-0.4, -0.2) is 22.6 Å². The molecule has 122 valence electrons. The molecule has 2 aromatic carbocycles. The van der Waals surface area contributed by atoms with E-state index in [9.17, 15) is 14.9 Å². The minimum atomic E-state index is -0.549. The van der Waals surface area contributed by atoms with Crippen molar-refractivity contribution in [1.29, 1.82) is 0 Å². The highest BCUT2D eigenvalue weighted by atomic mass is 16.6. The Bertz CT molecular complexity index is 829. The number of benzene rings is 2. The second kappa shape index (κ2) is 6.23. The van der Waals surface area contributed by atoms with Gasteiger partial charge < -0.3 is 5.32 Å². The number of hydrogen-bond acceptors (Lipinski definition) is 4. The third-order valence-electron chi connectivity index (χ3n) is 3.94. The Morgan fingerprint density at radius 2 is 1.88 bits per heavy atom. The van der Waals surface area contributed by atoms with Gasteiger partial charge in [-0.1, -0.05) is 44.2 Å². The summed E-state index contributed by atoms with van der Waals surface area (Å²) < 4.78 is 0. The molecule has 3 rings (SSSR count). The maximum absolute atomic E-state index is 12.5. The maximum Gasteiger partial charge on any atom is 0.270 e. The lowest BCUT2D eigenvalue weighted by molar-refractivity contribution is -0.384. The summed E-state index contributed by atoms with van der Waals surface area (Å²) in [6, 6.07) is 13.3. The van der Waals surface area contributed by atoms with Crippen molar-refractivity contribution in [2.75, 3.05) is 5.32 Å². The number of nitrogens with one attached hydrogen (secondary N) is 1. The normalized spacial score (nSPS) is 16.9. The third kappa shape index (κ3) is 2.90. The van der Waals surface area contributed by atoms with Crippen molar-refractivity contribution in [3.8, 4) is 0 Å². The highest BCUT2D eigenvalue weighted by Crippen LogP contribution is 2.29. The smallest absolute Gasteiger partial charge is 0.270 e. The van der Waals surface area contributed by atoms with E-state index in [1.165, 1.54) is 12.1 Å². The van der Waals surface area contributed by atoms with Gasteiger partial charge in [-0.15, -0.1) is 0 Å². The molecule has 1 atom stereocenters. The number of carbonyl (C=O) groups excluding carboxylic acids is 1. The Labute approximate surface area is 139 Å². The molecule has 24 heavy (non-hydrogen) atoms. The van der Waals surface area contributed by atoms with E-state index in [1.807, 2.05) is 44.2 Å². The number of carbonyl (C=O) groups is 1. The van der Waals surface area contributed by atoms with E-state index in [-0.39, 0.29) is 17.5 Å². The predicted molar refractivity (Wildman–Crippen MR) is 92.4 cm³/mol. The summed E-state index contributed by atoms with van der Waals surface area (Å²) in [4.78, 5) is 27.8. The van der Waals surface area contributed by atoms with Crippen LogP contribution in [-0.2, 0) is 4.79 Å². The van der Waals surface area contributed by atoms with Crippen LogP contribution in [0.5, 0.6) is 0 Å². The van der Waals surface area contributed by atoms with E-state index in [0.717, 1.165) is 5.56 Å². The summed E-state index contributed by atoms with van der Waals surface area (Å²) in [5.74, 6) is -0.195. The number of hydrogen-bond donors (Lipinski definition) is 1. The zero-order valence-corrected chi connectivity index (χ0v) is 13.4. The first kappa shape index (κ1) is 15.9. The van der Waals surface area contributed by atoms with Gasteiger partial charge in [0.25, 0.3) is 5.69 Å². The van der Waals surface area contributed by atoms with Gasteiger partial charge in [0, 0.05) is 23.3 Å². The second-order valence-electron chi connectivity index (χ2n) is 6.01. The first-order chi connectivity index (χ1) is 11.5. The molecule has 1 aliphatic heterocycles. The molecule has 6 nitrogen and oxygen atoms in total. The standard InChI is InChI=1S/C18H17N3O3/c1-11(2)16-18(22)19-15-9-8-13(21(23)24)10-14(15)17(20-16)12-6-4-3-5-7-12/h3-11,16H,1-2H3,(H,19,22). The number of anilines is 1. The Hall–Kier alpha value is -3.02. The zero-order valence-electron chi connectivity index (χ0n) is 13.4. The van der Waals surface area contributed by atoms with E-state index in [1.54, 1.807) is 6.07 Å². The zero-order chi connectivity index (χ0) is 17.3. The molecule has 1 aliphatic rings. The maximum atomic E-state index is 12.5. The van der Waals surface area contributed by atoms with Crippen LogP contribution in [0.3, 0.4) is 0 Å². The molecule has 0 bridgehead atoms. The number of rotatable bonds is 3. The van der Waals surface area contributed by atoms with Crippen LogP contribution < -0.4 is 5.32 Å². The van der Waals surface area contributed by atoms with Crippen molar-refractivity contribution >= 4 is 23.0 Å². The number of fused-ring (bicyclic) bond motifs is 1. The fourth-order valence-electron chi connectivity index (χ4n) is 2.70. The van der Waals surface area contributed by atoms with Gasteiger partial charge in [-0.25, -0.2) is 0 Å². The molecule has 1 N–H and O–H groups in total. The largest absolute Gasteiger partial charge is 0.324 e. The van der Waals surface area contributed by atoms with E-state index >= 15 is 0 Å². The molecule has 1 heterocycles. The lowest BCUT2D eigenvalue weighted by Gasteiger charge is -2.14. The highest BCUT2D eigenvalue weighted by molar-refractivity contribution is 6.20. The molecule has 1 unspecified atom stereocenters. The molecule has 0 aliphatic carbocycles.